The van der Waals surface area contributed by atoms with Gasteiger partial charge in [-0.1, -0.05) is 170 Å². The maximum Gasteiger partial charge on any atom is 0.164 e. The molecule has 10 nitrogen and oxygen atoms in total. The molecule has 0 saturated carbocycles. The summed E-state index contributed by atoms with van der Waals surface area (Å²) in [7, 11) is 0. The van der Waals surface area contributed by atoms with Crippen LogP contribution in [0.5, 0.6) is 0 Å². The number of nitriles is 4. The fraction of sp³-hybridized carbons (Fsp3) is 0. The molecule has 0 N–H and O–H groups in total. The number of fused-ring (bicyclic) bond motifs is 6. The number of hydrogen-bond acceptors (Lipinski definition) is 8. The minimum atomic E-state index is 0.477. The summed E-state index contributed by atoms with van der Waals surface area (Å²) in [6, 6.07) is 105. The largest absolute Gasteiger partial charge is 0.309 e. The summed E-state index contributed by atoms with van der Waals surface area (Å²) < 4.78 is 4.62. The predicted molar refractivity (Wildman–Crippen MR) is 374 cm³/mol. The van der Waals surface area contributed by atoms with Crippen molar-refractivity contribution in [2.45, 2.75) is 0 Å². The number of hydrogen-bond donors (Lipinski definition) is 0. The third-order valence-corrected chi connectivity index (χ3v) is 17.7. The molecular weight excluding hydrogens is 1150 g/mol. The highest BCUT2D eigenvalue weighted by Gasteiger charge is 2.25. The molecule has 0 unspecified atom stereocenters. The van der Waals surface area contributed by atoms with Gasteiger partial charge >= 0.3 is 0 Å². The first-order valence-electron chi connectivity index (χ1n) is 30.7. The average molecular weight is 1200 g/mol. The molecule has 0 aliphatic carbocycles. The minimum absolute atomic E-state index is 0.477. The monoisotopic (exact) mass is 1200 g/mol. The lowest BCUT2D eigenvalue weighted by Crippen LogP contribution is -2.03. The van der Waals surface area contributed by atoms with Crippen LogP contribution < -0.4 is 0 Å². The van der Waals surface area contributed by atoms with Crippen LogP contribution in [0.4, 0.5) is 0 Å². The van der Waals surface area contributed by atoms with Gasteiger partial charge in [0.15, 0.2) is 17.5 Å². The molecule has 0 aliphatic rings. The van der Waals surface area contributed by atoms with E-state index in [-0.39, 0.29) is 0 Å². The molecule has 12 aromatic carbocycles. The Labute approximate surface area is 541 Å². The van der Waals surface area contributed by atoms with Gasteiger partial charge in [-0.15, -0.1) is 0 Å². The minimum Gasteiger partial charge on any atom is -0.309 e. The van der Waals surface area contributed by atoms with Crippen molar-refractivity contribution in [1.82, 2.24) is 29.1 Å². The van der Waals surface area contributed by atoms with Crippen molar-refractivity contribution in [2.75, 3.05) is 0 Å². The lowest BCUT2D eigenvalue weighted by molar-refractivity contribution is 1.07. The standard InChI is InChI=1S/C84H48N10/c85-49-60-21-7-11-25-65(60)55-30-37-77-72(43-55)73-44-56(66-26-12-8-22-61(66)50-86)31-38-78(73)93(77)64-35-36-69(76-29-15-16-42-89-76)70(48-64)71-47-59(84-91-82(53-17-3-1-4-18-53)90-83(92-84)54-19-5-2-6-20-54)34-41-79(71)94-80-39-32-57(67-27-13-9-23-62(67)51-87)45-74(80)75-46-58(33-40-81(75)94)68-28-14-10-24-63(68)52-88/h1-48H. The van der Waals surface area contributed by atoms with Crippen LogP contribution in [0.3, 0.4) is 0 Å². The molecule has 0 fully saturated rings. The van der Waals surface area contributed by atoms with Crippen molar-refractivity contribution >= 4 is 43.6 Å². The van der Waals surface area contributed by atoms with E-state index in [1.54, 1.807) is 0 Å². The molecule has 4 aromatic heterocycles. The lowest BCUT2D eigenvalue weighted by atomic mass is 9.93. The van der Waals surface area contributed by atoms with Crippen LogP contribution in [0, 0.1) is 45.3 Å². The van der Waals surface area contributed by atoms with Crippen LogP contribution in [-0.2, 0) is 0 Å². The van der Waals surface area contributed by atoms with Gasteiger partial charge in [-0.2, -0.15) is 21.0 Å². The van der Waals surface area contributed by atoms with Crippen LogP contribution in [0.25, 0.3) is 156 Å². The quantitative estimate of drug-likeness (QED) is 0.124. The van der Waals surface area contributed by atoms with E-state index in [2.05, 4.69) is 143 Å². The number of benzene rings is 12. The molecule has 0 radical (unpaired) electrons. The molecule has 16 aromatic rings. The van der Waals surface area contributed by atoms with E-state index in [0.29, 0.717) is 39.7 Å². The van der Waals surface area contributed by atoms with Gasteiger partial charge in [-0.25, -0.2) is 15.0 Å². The van der Waals surface area contributed by atoms with Gasteiger partial charge in [0.05, 0.1) is 80.0 Å². The zero-order valence-corrected chi connectivity index (χ0v) is 50.2. The number of rotatable bonds is 11. The highest BCUT2D eigenvalue weighted by Crippen LogP contribution is 2.46. The Bertz CT molecular complexity index is 5630. The first-order chi connectivity index (χ1) is 46.4. The molecule has 0 saturated heterocycles. The third-order valence-electron chi connectivity index (χ3n) is 17.7. The molecule has 0 bridgehead atoms. The molecule has 94 heavy (non-hydrogen) atoms. The molecule has 0 atom stereocenters. The summed E-state index contributed by atoms with van der Waals surface area (Å²) in [6.07, 6.45) is 1.82. The summed E-state index contributed by atoms with van der Waals surface area (Å²) in [4.78, 5) is 20.7. The van der Waals surface area contributed by atoms with Crippen LogP contribution in [-0.4, -0.2) is 29.1 Å². The van der Waals surface area contributed by atoms with E-state index in [0.717, 1.165) is 139 Å². The first kappa shape index (κ1) is 55.7. The molecule has 434 valence electrons. The Balaban J connectivity index is 1.01. The summed E-state index contributed by atoms with van der Waals surface area (Å²) in [5.74, 6) is 1.53. The summed E-state index contributed by atoms with van der Waals surface area (Å²) >= 11 is 0. The molecular formula is C84H48N10. The normalized spacial score (nSPS) is 11.1. The van der Waals surface area contributed by atoms with Crippen molar-refractivity contribution in [3.8, 4) is 137 Å². The van der Waals surface area contributed by atoms with Gasteiger partial charge in [0.25, 0.3) is 0 Å². The average Bonchev–Trinajstić information content (AvgIpc) is 1.55. The number of nitrogens with zero attached hydrogens (tertiary/aromatic N) is 10. The first-order valence-corrected chi connectivity index (χ1v) is 30.7. The van der Waals surface area contributed by atoms with Crippen molar-refractivity contribution in [1.29, 1.82) is 21.0 Å². The SMILES string of the molecule is N#Cc1ccccc1-c1ccc2c(c1)c1cc(-c3ccccc3C#N)ccc1n2-c1ccc(-c2ccccn2)c(-c2cc(-c3nc(-c4ccccc4)nc(-c4ccccc4)n3)ccc2-n2c3ccc(-c4ccccc4C#N)cc3c3cc(-c4ccccc4C#N)ccc32)c1. The molecule has 4 heterocycles. The van der Waals surface area contributed by atoms with Crippen molar-refractivity contribution in [3.63, 3.8) is 0 Å². The van der Waals surface area contributed by atoms with Gasteiger partial charge in [0, 0.05) is 61.2 Å². The smallest absolute Gasteiger partial charge is 0.164 e. The van der Waals surface area contributed by atoms with Gasteiger partial charge in [0.2, 0.25) is 0 Å². The Morgan fingerprint density at radius 3 is 1.03 bits per heavy atom. The second-order valence-electron chi connectivity index (χ2n) is 22.9. The Morgan fingerprint density at radius 2 is 0.628 bits per heavy atom. The van der Waals surface area contributed by atoms with E-state index in [4.69, 9.17) is 19.9 Å². The molecule has 10 heteroatoms. The van der Waals surface area contributed by atoms with Crippen molar-refractivity contribution in [2.24, 2.45) is 0 Å². The molecule has 0 spiro atoms. The highest BCUT2D eigenvalue weighted by atomic mass is 15.0. The maximum atomic E-state index is 10.4. The molecule has 16 rings (SSSR count). The topological polar surface area (TPSA) is 157 Å². The zero-order valence-electron chi connectivity index (χ0n) is 50.2. The zero-order chi connectivity index (χ0) is 63.2. The van der Waals surface area contributed by atoms with E-state index in [9.17, 15) is 21.0 Å². The maximum absolute atomic E-state index is 10.4. The van der Waals surface area contributed by atoms with Gasteiger partial charge in [0.1, 0.15) is 0 Å². The van der Waals surface area contributed by atoms with Crippen LogP contribution in [0.1, 0.15) is 22.3 Å². The Kier molecular flexibility index (Phi) is 13.8. The van der Waals surface area contributed by atoms with Crippen LogP contribution in [0.2, 0.25) is 0 Å². The van der Waals surface area contributed by atoms with E-state index >= 15 is 0 Å². The fourth-order valence-electron chi connectivity index (χ4n) is 13.2. The Morgan fingerprint density at radius 1 is 0.255 bits per heavy atom. The predicted octanol–water partition coefficient (Wildman–Crippen LogP) is 20.0. The third kappa shape index (κ3) is 9.66. The van der Waals surface area contributed by atoms with Gasteiger partial charge in [-0.05, 0) is 165 Å². The number of pyridine rings is 1. The second kappa shape index (κ2) is 23.4. The molecule has 0 aliphatic heterocycles. The summed E-state index contributed by atoms with van der Waals surface area (Å²) in [5.41, 5.74) is 20.3. The van der Waals surface area contributed by atoms with Crippen LogP contribution >= 0.6 is 0 Å². The summed E-state index contributed by atoms with van der Waals surface area (Å²) in [5, 5.41) is 45.4. The fourth-order valence-corrected chi connectivity index (χ4v) is 13.2. The van der Waals surface area contributed by atoms with Crippen LogP contribution in [0.15, 0.2) is 291 Å². The lowest BCUT2D eigenvalue weighted by Gasteiger charge is -2.20. The van der Waals surface area contributed by atoms with E-state index in [1.165, 1.54) is 0 Å². The van der Waals surface area contributed by atoms with Gasteiger partial charge in [-0.3, -0.25) is 4.98 Å². The van der Waals surface area contributed by atoms with Crippen molar-refractivity contribution < 1.29 is 0 Å². The van der Waals surface area contributed by atoms with E-state index in [1.807, 2.05) is 182 Å². The summed E-state index contributed by atoms with van der Waals surface area (Å²) in [6.45, 7) is 0. The number of aromatic nitrogens is 6. The highest BCUT2D eigenvalue weighted by molar-refractivity contribution is 6.14. The Hall–Kier alpha value is -13.6. The van der Waals surface area contributed by atoms with Crippen molar-refractivity contribution in [3.05, 3.63) is 314 Å². The van der Waals surface area contributed by atoms with Gasteiger partial charge < -0.3 is 9.13 Å². The van der Waals surface area contributed by atoms with E-state index < -0.39 is 0 Å². The molecule has 0 amide bonds. The second-order valence-corrected chi connectivity index (χ2v) is 22.9.